The summed E-state index contributed by atoms with van der Waals surface area (Å²) < 4.78 is 0. The van der Waals surface area contributed by atoms with E-state index >= 15 is 0 Å². The Bertz CT molecular complexity index is 434. The maximum Gasteiger partial charge on any atom is 0.283 e. The smallest absolute Gasteiger partial charge is 0.283 e. The van der Waals surface area contributed by atoms with Gasteiger partial charge in [-0.05, 0) is 26.0 Å². The summed E-state index contributed by atoms with van der Waals surface area (Å²) in [7, 11) is 0. The van der Waals surface area contributed by atoms with Crippen LogP contribution >= 0.6 is 11.3 Å². The van der Waals surface area contributed by atoms with Gasteiger partial charge in [0.25, 0.3) is 5.91 Å². The Morgan fingerprint density at radius 3 is 2.75 bits per heavy atom. The minimum Gasteiger partial charge on any atom is -0.363 e. The number of hydrogen-bond acceptors (Lipinski definition) is 3. The highest BCUT2D eigenvalue weighted by Crippen LogP contribution is 2.17. The van der Waals surface area contributed by atoms with Gasteiger partial charge in [-0.1, -0.05) is 6.08 Å². The van der Waals surface area contributed by atoms with Crippen molar-refractivity contribution < 1.29 is 4.79 Å². The van der Waals surface area contributed by atoms with E-state index in [9.17, 15) is 4.79 Å². The third-order valence-electron chi connectivity index (χ3n) is 2.04. The highest BCUT2D eigenvalue weighted by Gasteiger charge is 2.07. The van der Waals surface area contributed by atoms with Gasteiger partial charge in [-0.2, -0.15) is 0 Å². The van der Waals surface area contributed by atoms with Crippen LogP contribution in [0.3, 0.4) is 0 Å². The normalized spacial score (nSPS) is 11.2. The summed E-state index contributed by atoms with van der Waals surface area (Å²) >= 11 is 1.70. The largest absolute Gasteiger partial charge is 0.363 e. The van der Waals surface area contributed by atoms with E-state index in [4.69, 9.17) is 11.1 Å². The van der Waals surface area contributed by atoms with E-state index in [1.807, 2.05) is 32.1 Å². The Morgan fingerprint density at radius 1 is 1.62 bits per heavy atom. The van der Waals surface area contributed by atoms with Crippen molar-refractivity contribution in [3.05, 3.63) is 33.7 Å². The zero-order chi connectivity index (χ0) is 12.1. The summed E-state index contributed by atoms with van der Waals surface area (Å²) in [5.74, 6) is -1.02. The fourth-order valence-electron chi connectivity index (χ4n) is 1.21. The molecule has 0 aliphatic heterocycles. The predicted octanol–water partition coefficient (Wildman–Crippen LogP) is 1.55. The van der Waals surface area contributed by atoms with Gasteiger partial charge in [-0.25, -0.2) is 0 Å². The van der Waals surface area contributed by atoms with E-state index in [0.29, 0.717) is 6.42 Å². The molecule has 0 aliphatic rings. The minimum absolute atomic E-state index is 0.277. The fourth-order valence-corrected chi connectivity index (χ4v) is 2.12. The molecular formula is C11H15N3OS. The molecule has 1 heterocycles. The second-order valence-corrected chi connectivity index (χ2v) is 4.74. The standard InChI is InChI=1S/C11H15N3OS/c1-3-8(14-10(12)11(13)15)6-9-5-4-7(2)16-9/h3-5H,6H2,1-2H3,(H2,12,14)(H2,13,15)/b8-3-. The lowest BCUT2D eigenvalue weighted by Crippen LogP contribution is -2.35. The van der Waals surface area contributed by atoms with Crippen molar-refractivity contribution in [3.8, 4) is 0 Å². The molecule has 0 aromatic carbocycles. The molecule has 0 atom stereocenters. The van der Waals surface area contributed by atoms with Crippen LogP contribution in [0, 0.1) is 12.3 Å². The first kappa shape index (κ1) is 12.4. The number of rotatable bonds is 3. The van der Waals surface area contributed by atoms with E-state index in [0.717, 1.165) is 5.70 Å². The summed E-state index contributed by atoms with van der Waals surface area (Å²) in [5.41, 5.74) is 5.80. The Labute approximate surface area is 98.7 Å². The van der Waals surface area contributed by atoms with Crippen molar-refractivity contribution in [3.63, 3.8) is 0 Å². The molecule has 0 spiro atoms. The summed E-state index contributed by atoms with van der Waals surface area (Å²) in [4.78, 5) is 13.2. The fraction of sp³-hybridized carbons (Fsp3) is 0.273. The van der Waals surface area contributed by atoms with Crippen LogP contribution in [-0.2, 0) is 11.2 Å². The van der Waals surface area contributed by atoms with Crippen molar-refractivity contribution in [1.29, 1.82) is 5.41 Å². The Morgan fingerprint density at radius 2 is 2.31 bits per heavy atom. The zero-order valence-electron chi connectivity index (χ0n) is 9.33. The van der Waals surface area contributed by atoms with Crippen molar-refractivity contribution in [2.45, 2.75) is 20.3 Å². The molecular weight excluding hydrogens is 222 g/mol. The molecule has 86 valence electrons. The lowest BCUT2D eigenvalue weighted by molar-refractivity contribution is -0.112. The molecule has 0 saturated heterocycles. The summed E-state index contributed by atoms with van der Waals surface area (Å²) in [5, 5.41) is 10.0. The highest BCUT2D eigenvalue weighted by atomic mass is 32.1. The van der Waals surface area contributed by atoms with Gasteiger partial charge >= 0.3 is 0 Å². The van der Waals surface area contributed by atoms with Crippen molar-refractivity contribution in [2.24, 2.45) is 5.73 Å². The Kier molecular flexibility index (Phi) is 4.25. The van der Waals surface area contributed by atoms with Crippen LogP contribution in [0.4, 0.5) is 0 Å². The number of nitrogens with one attached hydrogen (secondary N) is 2. The monoisotopic (exact) mass is 237 g/mol. The maximum atomic E-state index is 10.7. The quantitative estimate of drug-likeness (QED) is 0.551. The number of allylic oxidation sites excluding steroid dienone is 2. The van der Waals surface area contributed by atoms with Crippen LogP contribution in [0.15, 0.2) is 23.9 Å². The third kappa shape index (κ3) is 3.51. The average molecular weight is 237 g/mol. The van der Waals surface area contributed by atoms with E-state index in [1.54, 1.807) is 11.3 Å². The van der Waals surface area contributed by atoms with Crippen LogP contribution in [0.5, 0.6) is 0 Å². The minimum atomic E-state index is -0.748. The van der Waals surface area contributed by atoms with Gasteiger partial charge in [-0.15, -0.1) is 11.3 Å². The van der Waals surface area contributed by atoms with Crippen LogP contribution in [0.1, 0.15) is 16.7 Å². The topological polar surface area (TPSA) is 79.0 Å². The number of primary amides is 1. The molecule has 4 nitrogen and oxygen atoms in total. The number of amidine groups is 1. The van der Waals surface area contributed by atoms with Gasteiger partial charge in [0.2, 0.25) is 0 Å². The molecule has 1 aromatic rings. The maximum absolute atomic E-state index is 10.7. The molecule has 0 bridgehead atoms. The number of carbonyl (C=O) groups is 1. The molecule has 16 heavy (non-hydrogen) atoms. The Hall–Kier alpha value is -1.62. The molecule has 1 amide bonds. The van der Waals surface area contributed by atoms with Gasteiger partial charge in [0.15, 0.2) is 5.84 Å². The van der Waals surface area contributed by atoms with Gasteiger partial charge in [-0.3, -0.25) is 10.2 Å². The van der Waals surface area contributed by atoms with Crippen LogP contribution in [0.2, 0.25) is 0 Å². The second-order valence-electron chi connectivity index (χ2n) is 3.37. The predicted molar refractivity (Wildman–Crippen MR) is 66.6 cm³/mol. The first-order valence-electron chi connectivity index (χ1n) is 4.88. The molecule has 0 radical (unpaired) electrons. The van der Waals surface area contributed by atoms with Crippen LogP contribution < -0.4 is 11.1 Å². The van der Waals surface area contributed by atoms with Crippen molar-refractivity contribution in [2.75, 3.05) is 0 Å². The number of aryl methyl sites for hydroxylation is 1. The second kappa shape index (κ2) is 5.46. The van der Waals surface area contributed by atoms with Gasteiger partial charge in [0.05, 0.1) is 0 Å². The molecule has 1 aromatic heterocycles. The number of thiophene rings is 1. The van der Waals surface area contributed by atoms with Crippen molar-refractivity contribution >= 4 is 23.1 Å². The molecule has 5 heteroatoms. The van der Waals surface area contributed by atoms with E-state index < -0.39 is 5.91 Å². The van der Waals surface area contributed by atoms with Crippen LogP contribution in [-0.4, -0.2) is 11.7 Å². The first-order valence-corrected chi connectivity index (χ1v) is 5.70. The summed E-state index contributed by atoms with van der Waals surface area (Å²) in [6.07, 6.45) is 2.52. The molecule has 0 fully saturated rings. The van der Waals surface area contributed by atoms with E-state index in [-0.39, 0.29) is 5.84 Å². The number of nitrogens with two attached hydrogens (primary N) is 1. The molecule has 0 saturated carbocycles. The van der Waals surface area contributed by atoms with Crippen LogP contribution in [0.25, 0.3) is 0 Å². The average Bonchev–Trinajstić information content (AvgIpc) is 2.62. The SMILES string of the molecule is C/C=C(/Cc1ccc(C)s1)NC(=N)C(N)=O. The Balaban J connectivity index is 2.64. The van der Waals surface area contributed by atoms with Gasteiger partial charge < -0.3 is 11.1 Å². The third-order valence-corrected chi connectivity index (χ3v) is 3.04. The summed E-state index contributed by atoms with van der Waals surface area (Å²) in [6, 6.07) is 4.09. The number of amides is 1. The molecule has 0 unspecified atom stereocenters. The number of carbonyl (C=O) groups excluding carboxylic acids is 1. The summed E-state index contributed by atoms with van der Waals surface area (Å²) in [6.45, 7) is 3.90. The lowest BCUT2D eigenvalue weighted by Gasteiger charge is -2.08. The molecule has 1 rings (SSSR count). The first-order chi connectivity index (χ1) is 7.52. The highest BCUT2D eigenvalue weighted by molar-refractivity contribution is 7.11. The van der Waals surface area contributed by atoms with Crippen molar-refractivity contribution in [1.82, 2.24) is 5.32 Å². The van der Waals surface area contributed by atoms with Gasteiger partial charge in [0.1, 0.15) is 0 Å². The zero-order valence-corrected chi connectivity index (χ0v) is 10.1. The van der Waals surface area contributed by atoms with E-state index in [2.05, 4.69) is 5.32 Å². The lowest BCUT2D eigenvalue weighted by atomic mass is 10.2. The molecule has 0 aliphatic carbocycles. The number of hydrogen-bond donors (Lipinski definition) is 3. The van der Waals surface area contributed by atoms with Gasteiger partial charge in [0, 0.05) is 21.9 Å². The molecule has 4 N–H and O–H groups in total. The van der Waals surface area contributed by atoms with E-state index in [1.165, 1.54) is 9.75 Å².